The third kappa shape index (κ3) is 2.68. The predicted molar refractivity (Wildman–Crippen MR) is 89.3 cm³/mol. The SMILES string of the molecule is N#Cc1c2cc3ccccc3cc2cn1[C@@H](CCC(N)=O)C(=O)O. The summed E-state index contributed by atoms with van der Waals surface area (Å²) in [4.78, 5) is 22.6. The number of nitrogens with zero attached hydrogens (tertiary/aromatic N) is 2. The molecule has 120 valence electrons. The number of nitrogens with two attached hydrogens (primary N) is 1. The van der Waals surface area contributed by atoms with Crippen LogP contribution in [0.5, 0.6) is 0 Å². The highest BCUT2D eigenvalue weighted by Crippen LogP contribution is 2.30. The molecular weight excluding hydrogens is 306 g/mol. The third-order valence-electron chi connectivity index (χ3n) is 4.10. The number of aromatic nitrogens is 1. The van der Waals surface area contributed by atoms with E-state index in [9.17, 15) is 20.0 Å². The zero-order chi connectivity index (χ0) is 17.3. The number of hydrogen-bond donors (Lipinski definition) is 2. The van der Waals surface area contributed by atoms with E-state index in [4.69, 9.17) is 5.73 Å². The zero-order valence-electron chi connectivity index (χ0n) is 12.8. The van der Waals surface area contributed by atoms with Crippen LogP contribution >= 0.6 is 0 Å². The Balaban J connectivity index is 2.19. The predicted octanol–water partition coefficient (Wildman–Crippen LogP) is 2.56. The molecule has 1 heterocycles. The fourth-order valence-corrected chi connectivity index (χ4v) is 2.95. The smallest absolute Gasteiger partial charge is 0.326 e. The number of carbonyl (C=O) groups excluding carboxylic acids is 1. The maximum Gasteiger partial charge on any atom is 0.326 e. The fraction of sp³-hybridized carbons (Fsp3) is 0.167. The lowest BCUT2D eigenvalue weighted by atomic mass is 10.1. The van der Waals surface area contributed by atoms with Gasteiger partial charge in [0.2, 0.25) is 5.91 Å². The number of amides is 1. The zero-order valence-corrected chi connectivity index (χ0v) is 12.8. The van der Waals surface area contributed by atoms with Gasteiger partial charge in [-0.3, -0.25) is 4.79 Å². The highest BCUT2D eigenvalue weighted by Gasteiger charge is 2.24. The number of rotatable bonds is 5. The Labute approximate surface area is 137 Å². The molecular formula is C18H15N3O3. The molecule has 1 aromatic heterocycles. The van der Waals surface area contributed by atoms with Crippen molar-refractivity contribution < 1.29 is 14.7 Å². The highest BCUT2D eigenvalue weighted by atomic mass is 16.4. The Hall–Kier alpha value is -3.33. The van der Waals surface area contributed by atoms with Crippen molar-refractivity contribution in [1.29, 1.82) is 5.26 Å². The third-order valence-corrected chi connectivity index (χ3v) is 4.10. The second-order valence-corrected chi connectivity index (χ2v) is 5.64. The Bertz CT molecular complexity index is 998. The monoisotopic (exact) mass is 321 g/mol. The van der Waals surface area contributed by atoms with Crippen LogP contribution in [-0.4, -0.2) is 21.6 Å². The lowest BCUT2D eigenvalue weighted by molar-refractivity contribution is -0.141. The van der Waals surface area contributed by atoms with Gasteiger partial charge in [-0.1, -0.05) is 24.3 Å². The van der Waals surface area contributed by atoms with Gasteiger partial charge in [0, 0.05) is 23.4 Å². The number of carboxylic acids is 1. The number of benzene rings is 2. The Morgan fingerprint density at radius 2 is 1.88 bits per heavy atom. The van der Waals surface area contributed by atoms with Crippen molar-refractivity contribution in [3.63, 3.8) is 0 Å². The number of nitriles is 1. The van der Waals surface area contributed by atoms with Crippen LogP contribution in [0.3, 0.4) is 0 Å². The number of hydrogen-bond acceptors (Lipinski definition) is 3. The topological polar surface area (TPSA) is 109 Å². The largest absolute Gasteiger partial charge is 0.480 e. The minimum Gasteiger partial charge on any atom is -0.480 e. The molecule has 1 amide bonds. The Kier molecular flexibility index (Phi) is 3.92. The molecule has 0 radical (unpaired) electrons. The van der Waals surface area contributed by atoms with Crippen LogP contribution in [0.2, 0.25) is 0 Å². The van der Waals surface area contributed by atoms with Crippen molar-refractivity contribution in [2.24, 2.45) is 5.73 Å². The van der Waals surface area contributed by atoms with Gasteiger partial charge in [0.1, 0.15) is 17.8 Å². The minimum atomic E-state index is -1.10. The highest BCUT2D eigenvalue weighted by molar-refractivity contribution is 6.00. The Morgan fingerprint density at radius 1 is 1.21 bits per heavy atom. The van der Waals surface area contributed by atoms with E-state index >= 15 is 0 Å². The van der Waals surface area contributed by atoms with Crippen molar-refractivity contribution in [2.45, 2.75) is 18.9 Å². The van der Waals surface area contributed by atoms with Crippen LogP contribution in [-0.2, 0) is 9.59 Å². The van der Waals surface area contributed by atoms with E-state index in [0.29, 0.717) is 5.39 Å². The normalized spacial score (nSPS) is 12.1. The molecule has 0 fully saturated rings. The molecule has 6 heteroatoms. The van der Waals surface area contributed by atoms with Gasteiger partial charge in [-0.05, 0) is 29.3 Å². The molecule has 1 atom stereocenters. The van der Waals surface area contributed by atoms with Crippen molar-refractivity contribution >= 4 is 33.4 Å². The first kappa shape index (κ1) is 15.6. The summed E-state index contributed by atoms with van der Waals surface area (Å²) in [5.74, 6) is -1.67. The number of primary amides is 1. The fourth-order valence-electron chi connectivity index (χ4n) is 2.95. The summed E-state index contributed by atoms with van der Waals surface area (Å²) in [6, 6.07) is 12.6. The number of fused-ring (bicyclic) bond motifs is 2. The molecule has 0 bridgehead atoms. The quantitative estimate of drug-likeness (QED) is 0.752. The van der Waals surface area contributed by atoms with E-state index in [-0.39, 0.29) is 18.5 Å². The van der Waals surface area contributed by atoms with Crippen molar-refractivity contribution in [3.8, 4) is 6.07 Å². The van der Waals surface area contributed by atoms with Gasteiger partial charge < -0.3 is 15.4 Å². The van der Waals surface area contributed by atoms with Gasteiger partial charge in [0.15, 0.2) is 0 Å². The van der Waals surface area contributed by atoms with E-state index in [1.165, 1.54) is 4.57 Å². The van der Waals surface area contributed by atoms with Crippen LogP contribution in [0.4, 0.5) is 0 Å². The number of carboxylic acid groups (broad SMARTS) is 1. The molecule has 0 spiro atoms. The van der Waals surface area contributed by atoms with Crippen LogP contribution in [0.15, 0.2) is 42.6 Å². The molecule has 6 nitrogen and oxygen atoms in total. The summed E-state index contributed by atoms with van der Waals surface area (Å²) in [6.07, 6.45) is 1.64. The first-order valence-corrected chi connectivity index (χ1v) is 7.46. The lowest BCUT2D eigenvalue weighted by Crippen LogP contribution is -2.22. The molecule has 24 heavy (non-hydrogen) atoms. The second kappa shape index (κ2) is 6.05. The molecule has 3 aromatic rings. The average molecular weight is 321 g/mol. The van der Waals surface area contributed by atoms with Gasteiger partial charge in [0.25, 0.3) is 0 Å². The van der Waals surface area contributed by atoms with Gasteiger partial charge in [-0.25, -0.2) is 4.79 Å². The first-order chi connectivity index (χ1) is 11.5. The molecule has 0 saturated carbocycles. The molecule has 0 aliphatic heterocycles. The molecule has 2 aromatic carbocycles. The molecule has 0 saturated heterocycles. The summed E-state index contributed by atoms with van der Waals surface area (Å²) in [6.45, 7) is 0. The van der Waals surface area contributed by atoms with Crippen LogP contribution < -0.4 is 5.73 Å². The summed E-state index contributed by atoms with van der Waals surface area (Å²) in [5, 5.41) is 22.5. The first-order valence-electron chi connectivity index (χ1n) is 7.46. The van der Waals surface area contributed by atoms with E-state index < -0.39 is 17.9 Å². The maximum atomic E-state index is 11.6. The second-order valence-electron chi connectivity index (χ2n) is 5.64. The molecule has 0 aliphatic rings. The Morgan fingerprint density at radius 3 is 2.46 bits per heavy atom. The van der Waals surface area contributed by atoms with Crippen molar-refractivity contribution in [1.82, 2.24) is 4.57 Å². The van der Waals surface area contributed by atoms with E-state index in [1.807, 2.05) is 36.4 Å². The van der Waals surface area contributed by atoms with Crippen molar-refractivity contribution in [3.05, 3.63) is 48.3 Å². The number of carbonyl (C=O) groups is 2. The van der Waals surface area contributed by atoms with Gasteiger partial charge in [-0.2, -0.15) is 5.26 Å². The minimum absolute atomic E-state index is 0.0415. The molecule has 0 aliphatic carbocycles. The summed E-state index contributed by atoms with van der Waals surface area (Å²) < 4.78 is 1.43. The summed E-state index contributed by atoms with van der Waals surface area (Å²) in [5.41, 5.74) is 5.40. The lowest BCUT2D eigenvalue weighted by Gasteiger charge is -2.14. The number of aliphatic carboxylic acids is 1. The van der Waals surface area contributed by atoms with E-state index in [0.717, 1.165) is 16.2 Å². The van der Waals surface area contributed by atoms with Gasteiger partial charge >= 0.3 is 5.97 Å². The standard InChI is InChI=1S/C18H15N3O3/c19-9-16-14-8-12-4-2-1-3-11(12)7-13(14)10-21(16)15(18(23)24)5-6-17(20)22/h1-4,7-8,10,15H,5-6H2,(H2,20,22)(H,23,24)/t15-/m0/s1. The van der Waals surface area contributed by atoms with Crippen molar-refractivity contribution in [2.75, 3.05) is 0 Å². The average Bonchev–Trinajstić information content (AvgIpc) is 2.89. The van der Waals surface area contributed by atoms with Gasteiger partial charge in [0.05, 0.1) is 0 Å². The molecule has 0 unspecified atom stereocenters. The molecule has 3 N–H and O–H groups in total. The summed E-state index contributed by atoms with van der Waals surface area (Å²) in [7, 11) is 0. The summed E-state index contributed by atoms with van der Waals surface area (Å²) >= 11 is 0. The van der Waals surface area contributed by atoms with Crippen LogP contribution in [0, 0.1) is 11.3 Å². The maximum absolute atomic E-state index is 11.6. The van der Waals surface area contributed by atoms with E-state index in [1.54, 1.807) is 6.20 Å². The van der Waals surface area contributed by atoms with Gasteiger partial charge in [-0.15, -0.1) is 0 Å². The van der Waals surface area contributed by atoms with E-state index in [2.05, 4.69) is 6.07 Å². The molecule has 3 rings (SSSR count). The van der Waals surface area contributed by atoms with Crippen LogP contribution in [0.25, 0.3) is 21.5 Å². The van der Waals surface area contributed by atoms with Crippen LogP contribution in [0.1, 0.15) is 24.6 Å².